The first kappa shape index (κ1) is 16.5. The number of benzene rings is 2. The van der Waals surface area contributed by atoms with E-state index in [1.165, 1.54) is 0 Å². The van der Waals surface area contributed by atoms with Gasteiger partial charge in [0.25, 0.3) is 0 Å². The largest absolute Gasteiger partial charge is 0.481 e. The van der Waals surface area contributed by atoms with Gasteiger partial charge in [0.2, 0.25) is 5.89 Å². The molecule has 6 heteroatoms. The molecule has 5 nitrogen and oxygen atoms in total. The van der Waals surface area contributed by atoms with E-state index in [9.17, 15) is 4.79 Å². The van der Waals surface area contributed by atoms with Gasteiger partial charge in [-0.25, -0.2) is 4.98 Å². The average molecular weight is 346 g/mol. The lowest BCUT2D eigenvalue weighted by molar-refractivity contribution is -0.138. The number of aliphatic carboxylic acids is 1. The van der Waals surface area contributed by atoms with Crippen molar-refractivity contribution in [1.29, 1.82) is 0 Å². The molecule has 2 atom stereocenters. The van der Waals surface area contributed by atoms with Crippen LogP contribution in [-0.4, -0.2) is 23.2 Å². The number of ether oxygens (including phenoxy) is 1. The van der Waals surface area contributed by atoms with Crippen LogP contribution >= 0.6 is 11.6 Å². The average Bonchev–Trinajstić information content (AvgIpc) is 2.99. The fourth-order valence-electron chi connectivity index (χ4n) is 2.50. The number of carboxylic acids is 1. The van der Waals surface area contributed by atoms with E-state index in [1.807, 2.05) is 12.1 Å². The predicted octanol–water partition coefficient (Wildman–Crippen LogP) is 4.41. The van der Waals surface area contributed by atoms with E-state index in [1.54, 1.807) is 44.4 Å². The molecule has 0 aliphatic heterocycles. The Morgan fingerprint density at radius 2 is 1.88 bits per heavy atom. The second kappa shape index (κ2) is 6.63. The van der Waals surface area contributed by atoms with Crippen LogP contribution in [0.3, 0.4) is 0 Å². The maximum absolute atomic E-state index is 11.1. The number of rotatable bonds is 5. The van der Waals surface area contributed by atoms with Crippen molar-refractivity contribution < 1.29 is 19.1 Å². The fourth-order valence-corrected chi connectivity index (χ4v) is 2.63. The molecule has 2 aromatic carbocycles. The highest BCUT2D eigenvalue weighted by atomic mass is 35.5. The van der Waals surface area contributed by atoms with Crippen molar-refractivity contribution in [2.24, 2.45) is 0 Å². The zero-order valence-corrected chi connectivity index (χ0v) is 13.9. The number of halogens is 1. The third-order valence-corrected chi connectivity index (χ3v) is 4.18. The summed E-state index contributed by atoms with van der Waals surface area (Å²) in [6, 6.07) is 12.5. The summed E-state index contributed by atoms with van der Waals surface area (Å²) in [4.78, 5) is 15.6. The number of carboxylic acid groups (broad SMARTS) is 1. The Labute approximate surface area is 143 Å². The first-order valence-corrected chi connectivity index (χ1v) is 7.79. The molecule has 2 unspecified atom stereocenters. The lowest BCUT2D eigenvalue weighted by atomic mass is 10.0. The molecule has 24 heavy (non-hydrogen) atoms. The van der Waals surface area contributed by atoms with Crippen LogP contribution in [0.4, 0.5) is 0 Å². The van der Waals surface area contributed by atoms with Crippen LogP contribution in [0, 0.1) is 0 Å². The number of nitrogens with zero attached hydrogens (tertiary/aromatic N) is 1. The summed E-state index contributed by atoms with van der Waals surface area (Å²) in [6.07, 6.45) is -0.463. The first-order chi connectivity index (χ1) is 11.5. The van der Waals surface area contributed by atoms with Gasteiger partial charge in [-0.2, -0.15) is 0 Å². The molecule has 1 N–H and O–H groups in total. The van der Waals surface area contributed by atoms with E-state index >= 15 is 0 Å². The molecule has 0 fully saturated rings. The Kier molecular flexibility index (Phi) is 4.55. The van der Waals surface area contributed by atoms with Gasteiger partial charge in [0.05, 0.1) is 5.92 Å². The minimum absolute atomic E-state index is 0.412. The number of methoxy groups -OCH3 is 1. The van der Waals surface area contributed by atoms with Gasteiger partial charge in [0, 0.05) is 12.1 Å². The molecule has 0 aliphatic rings. The Balaban J connectivity index is 1.99. The smallest absolute Gasteiger partial charge is 0.310 e. The highest BCUT2D eigenvalue weighted by Crippen LogP contribution is 2.30. The van der Waals surface area contributed by atoms with Crippen LogP contribution in [0.25, 0.3) is 11.1 Å². The van der Waals surface area contributed by atoms with E-state index in [-0.39, 0.29) is 0 Å². The van der Waals surface area contributed by atoms with Gasteiger partial charge in [-0.1, -0.05) is 29.8 Å². The normalized spacial score (nSPS) is 13.8. The van der Waals surface area contributed by atoms with Crippen molar-refractivity contribution in [2.45, 2.75) is 18.9 Å². The molecule has 0 bridgehead atoms. The van der Waals surface area contributed by atoms with Gasteiger partial charge < -0.3 is 14.3 Å². The van der Waals surface area contributed by atoms with Crippen molar-refractivity contribution in [3.8, 4) is 0 Å². The first-order valence-electron chi connectivity index (χ1n) is 7.41. The lowest BCUT2D eigenvalue weighted by Crippen LogP contribution is -2.06. The van der Waals surface area contributed by atoms with E-state index in [2.05, 4.69) is 4.98 Å². The molecule has 0 saturated carbocycles. The minimum Gasteiger partial charge on any atom is -0.481 e. The van der Waals surface area contributed by atoms with Crippen LogP contribution in [0.2, 0.25) is 5.02 Å². The summed E-state index contributed by atoms with van der Waals surface area (Å²) in [6.45, 7) is 1.63. The number of aromatic nitrogens is 1. The van der Waals surface area contributed by atoms with Crippen LogP contribution in [-0.2, 0) is 9.53 Å². The van der Waals surface area contributed by atoms with Crippen LogP contribution in [0.1, 0.15) is 36.0 Å². The van der Waals surface area contributed by atoms with E-state index in [0.717, 1.165) is 5.56 Å². The van der Waals surface area contributed by atoms with E-state index in [0.29, 0.717) is 27.6 Å². The van der Waals surface area contributed by atoms with Crippen LogP contribution in [0.15, 0.2) is 46.9 Å². The topological polar surface area (TPSA) is 72.6 Å². The number of hydrogen-bond donors (Lipinski definition) is 1. The zero-order valence-electron chi connectivity index (χ0n) is 13.2. The second-order valence-corrected chi connectivity index (χ2v) is 5.94. The number of hydrogen-bond acceptors (Lipinski definition) is 4. The molecule has 0 spiro atoms. The molecule has 0 amide bonds. The molecule has 0 aliphatic carbocycles. The molecule has 0 radical (unpaired) electrons. The van der Waals surface area contributed by atoms with Crippen LogP contribution in [0.5, 0.6) is 0 Å². The summed E-state index contributed by atoms with van der Waals surface area (Å²) in [5.41, 5.74) is 2.72. The summed E-state index contributed by atoms with van der Waals surface area (Å²) < 4.78 is 11.3. The summed E-state index contributed by atoms with van der Waals surface area (Å²) >= 11 is 5.91. The van der Waals surface area contributed by atoms with Crippen molar-refractivity contribution >= 4 is 28.7 Å². The number of carbonyl (C=O) groups is 1. The van der Waals surface area contributed by atoms with Crippen LogP contribution < -0.4 is 0 Å². The lowest BCUT2D eigenvalue weighted by Gasteiger charge is -2.11. The maximum atomic E-state index is 11.1. The molecule has 0 saturated heterocycles. The van der Waals surface area contributed by atoms with Crippen molar-refractivity contribution in [3.05, 3.63) is 64.5 Å². The predicted molar refractivity (Wildman–Crippen MR) is 90.4 cm³/mol. The van der Waals surface area contributed by atoms with Gasteiger partial charge >= 0.3 is 5.97 Å². The molecule has 1 aromatic heterocycles. The summed E-state index contributed by atoms with van der Waals surface area (Å²) in [5.74, 6) is -1.09. The Morgan fingerprint density at radius 3 is 2.50 bits per heavy atom. The minimum atomic E-state index is -0.884. The van der Waals surface area contributed by atoms with Crippen molar-refractivity contribution in [1.82, 2.24) is 4.98 Å². The Bertz CT molecular complexity index is 872. The highest BCUT2D eigenvalue weighted by molar-refractivity contribution is 6.30. The SMILES string of the molecule is COC(c1ccc(Cl)cc1)c1nc2ccc(C(C)C(=O)O)cc2o1. The molecule has 124 valence electrons. The quantitative estimate of drug-likeness (QED) is 0.741. The molecule has 3 aromatic rings. The standard InChI is InChI=1S/C18H16ClNO4/c1-10(18(21)22)12-5-8-14-15(9-12)24-17(20-14)16(23-2)11-3-6-13(19)7-4-11/h3-10,16H,1-2H3,(H,21,22). The third kappa shape index (κ3) is 3.13. The van der Waals surface area contributed by atoms with E-state index in [4.69, 9.17) is 25.9 Å². The Hall–Kier alpha value is -2.37. The van der Waals surface area contributed by atoms with Crippen molar-refractivity contribution in [2.75, 3.05) is 7.11 Å². The summed E-state index contributed by atoms with van der Waals surface area (Å²) in [7, 11) is 1.58. The number of oxazole rings is 1. The second-order valence-electron chi connectivity index (χ2n) is 5.51. The highest BCUT2D eigenvalue weighted by Gasteiger charge is 2.21. The summed E-state index contributed by atoms with van der Waals surface area (Å²) in [5, 5.41) is 9.77. The maximum Gasteiger partial charge on any atom is 0.310 e. The van der Waals surface area contributed by atoms with Gasteiger partial charge in [0.1, 0.15) is 5.52 Å². The van der Waals surface area contributed by atoms with Gasteiger partial charge in [-0.3, -0.25) is 4.79 Å². The van der Waals surface area contributed by atoms with Crippen molar-refractivity contribution in [3.63, 3.8) is 0 Å². The fraction of sp³-hybridized carbons (Fsp3) is 0.222. The Morgan fingerprint density at radius 1 is 1.21 bits per heavy atom. The molecular weight excluding hydrogens is 330 g/mol. The van der Waals surface area contributed by atoms with Gasteiger partial charge in [0.15, 0.2) is 11.7 Å². The number of fused-ring (bicyclic) bond motifs is 1. The molecule has 3 rings (SSSR count). The zero-order chi connectivity index (χ0) is 17.3. The third-order valence-electron chi connectivity index (χ3n) is 3.93. The van der Waals surface area contributed by atoms with Gasteiger partial charge in [-0.15, -0.1) is 0 Å². The molecule has 1 heterocycles. The van der Waals surface area contributed by atoms with Gasteiger partial charge in [-0.05, 0) is 42.3 Å². The van der Waals surface area contributed by atoms with E-state index < -0.39 is 18.0 Å². The molecular formula is C18H16ClNO4. The monoisotopic (exact) mass is 345 g/mol.